The summed E-state index contributed by atoms with van der Waals surface area (Å²) in [6.07, 6.45) is 5.24. The monoisotopic (exact) mass is 287 g/mol. The Morgan fingerprint density at radius 3 is 3.10 bits per heavy atom. The predicted molar refractivity (Wildman–Crippen MR) is 76.9 cm³/mol. The quantitative estimate of drug-likeness (QED) is 0.864. The highest BCUT2D eigenvalue weighted by Gasteiger charge is 2.30. The van der Waals surface area contributed by atoms with Gasteiger partial charge in [-0.15, -0.1) is 10.2 Å². The molecule has 0 saturated heterocycles. The smallest absolute Gasteiger partial charge is 0.251 e. The van der Waals surface area contributed by atoms with Gasteiger partial charge in [-0.1, -0.05) is 42.1 Å². The molecular weight excluding hydrogens is 274 g/mol. The second kappa shape index (κ2) is 5.50. The van der Waals surface area contributed by atoms with Crippen LogP contribution in [0.3, 0.4) is 0 Å². The Bertz CT molecular complexity index is 666. The lowest BCUT2D eigenvalue weighted by atomic mass is 10.1. The molecule has 1 aliphatic rings. The number of carbonyl (C=O) groups is 1. The number of benzene rings is 1. The van der Waals surface area contributed by atoms with Crippen LogP contribution in [0.5, 0.6) is 5.75 Å². The summed E-state index contributed by atoms with van der Waals surface area (Å²) in [5.41, 5.74) is 0.963. The highest BCUT2D eigenvalue weighted by atomic mass is 32.2. The third-order valence-electron chi connectivity index (χ3n) is 2.90. The van der Waals surface area contributed by atoms with Crippen molar-refractivity contribution >= 4 is 23.7 Å². The molecule has 0 saturated carbocycles. The van der Waals surface area contributed by atoms with Crippen molar-refractivity contribution in [2.75, 3.05) is 6.61 Å². The van der Waals surface area contributed by atoms with Crippen LogP contribution in [0.25, 0.3) is 6.08 Å². The van der Waals surface area contributed by atoms with Gasteiger partial charge < -0.3 is 4.74 Å². The summed E-state index contributed by atoms with van der Waals surface area (Å²) in [5, 5.41) is 8.00. The van der Waals surface area contributed by atoms with E-state index in [2.05, 4.69) is 10.2 Å². The number of nitrogens with zero attached hydrogens (tertiary/aromatic N) is 3. The van der Waals surface area contributed by atoms with Crippen molar-refractivity contribution in [3.63, 3.8) is 0 Å². The van der Waals surface area contributed by atoms with Crippen LogP contribution in [0, 0.1) is 0 Å². The first-order valence-electron chi connectivity index (χ1n) is 6.30. The van der Waals surface area contributed by atoms with Crippen molar-refractivity contribution in [3.05, 3.63) is 42.2 Å². The molecule has 5 nitrogen and oxygen atoms in total. The maximum Gasteiger partial charge on any atom is 0.251 e. The van der Waals surface area contributed by atoms with Gasteiger partial charge in [0.15, 0.2) is 5.16 Å². The van der Waals surface area contributed by atoms with Crippen molar-refractivity contribution in [3.8, 4) is 5.75 Å². The average Bonchev–Trinajstić information content (AvgIpc) is 3.02. The third kappa shape index (κ3) is 2.34. The van der Waals surface area contributed by atoms with Gasteiger partial charge >= 0.3 is 0 Å². The van der Waals surface area contributed by atoms with Gasteiger partial charge in [0.25, 0.3) is 5.91 Å². The van der Waals surface area contributed by atoms with Crippen LogP contribution < -0.4 is 4.74 Å². The van der Waals surface area contributed by atoms with E-state index in [4.69, 9.17) is 4.74 Å². The lowest BCUT2D eigenvalue weighted by molar-refractivity contribution is 0.0921. The SMILES string of the molecule is CCOc1ccccc1/C=C\C1Sc2nncn2C1=O. The highest BCUT2D eigenvalue weighted by molar-refractivity contribution is 8.01. The van der Waals surface area contributed by atoms with E-state index in [9.17, 15) is 4.79 Å². The van der Waals surface area contributed by atoms with Crippen molar-refractivity contribution < 1.29 is 9.53 Å². The maximum absolute atomic E-state index is 12.1. The molecule has 2 heterocycles. The molecule has 0 bridgehead atoms. The first kappa shape index (κ1) is 12.9. The third-order valence-corrected chi connectivity index (χ3v) is 4.00. The molecule has 0 radical (unpaired) electrons. The lowest BCUT2D eigenvalue weighted by Crippen LogP contribution is -2.14. The zero-order chi connectivity index (χ0) is 13.9. The topological polar surface area (TPSA) is 57.0 Å². The zero-order valence-corrected chi connectivity index (χ0v) is 11.7. The fraction of sp³-hybridized carbons (Fsp3) is 0.214. The first-order chi connectivity index (χ1) is 9.79. The molecular formula is C14H13N3O2S. The van der Waals surface area contributed by atoms with Gasteiger partial charge in [-0.2, -0.15) is 0 Å². The van der Waals surface area contributed by atoms with Crippen LogP contribution in [-0.4, -0.2) is 32.5 Å². The number of thioether (sulfide) groups is 1. The molecule has 3 rings (SSSR count). The molecule has 0 fully saturated rings. The van der Waals surface area contributed by atoms with Gasteiger partial charge in [0, 0.05) is 5.56 Å². The van der Waals surface area contributed by atoms with Crippen LogP contribution in [0.2, 0.25) is 0 Å². The Balaban J connectivity index is 1.79. The van der Waals surface area contributed by atoms with Gasteiger partial charge in [-0.25, -0.2) is 4.57 Å². The van der Waals surface area contributed by atoms with E-state index in [1.807, 2.05) is 43.3 Å². The van der Waals surface area contributed by atoms with E-state index < -0.39 is 0 Å². The van der Waals surface area contributed by atoms with Gasteiger partial charge in [-0.3, -0.25) is 4.79 Å². The van der Waals surface area contributed by atoms with Crippen LogP contribution in [0.4, 0.5) is 0 Å². The standard InChI is InChI=1S/C14H13N3O2S/c1-2-19-11-6-4-3-5-10(11)7-8-12-13(18)17-9-15-16-14(17)20-12/h3-9,12H,2H2,1H3/b8-7-. The second-order valence-electron chi connectivity index (χ2n) is 4.19. The van der Waals surface area contributed by atoms with Gasteiger partial charge in [-0.05, 0) is 13.0 Å². The Hall–Kier alpha value is -2.08. The minimum atomic E-state index is -0.254. The molecule has 1 atom stereocenters. The Kier molecular flexibility index (Phi) is 3.56. The summed E-state index contributed by atoms with van der Waals surface area (Å²) >= 11 is 1.40. The first-order valence-corrected chi connectivity index (χ1v) is 7.18. The number of rotatable bonds is 4. The van der Waals surface area contributed by atoms with Crippen molar-refractivity contribution in [2.24, 2.45) is 0 Å². The highest BCUT2D eigenvalue weighted by Crippen LogP contribution is 2.31. The summed E-state index contributed by atoms with van der Waals surface area (Å²) in [6.45, 7) is 2.56. The number of fused-ring (bicyclic) bond motifs is 1. The molecule has 6 heteroatoms. The number of hydrogen-bond acceptors (Lipinski definition) is 5. The van der Waals surface area contributed by atoms with Crippen molar-refractivity contribution in [1.29, 1.82) is 0 Å². The van der Waals surface area contributed by atoms with E-state index in [1.165, 1.54) is 22.7 Å². The van der Waals surface area contributed by atoms with Crippen LogP contribution in [-0.2, 0) is 0 Å². The summed E-state index contributed by atoms with van der Waals surface area (Å²) in [5.74, 6) is 0.807. The fourth-order valence-corrected chi connectivity index (χ4v) is 2.92. The summed E-state index contributed by atoms with van der Waals surface area (Å²) in [7, 11) is 0. The van der Waals surface area contributed by atoms with Crippen LogP contribution in [0.15, 0.2) is 41.8 Å². The van der Waals surface area contributed by atoms with Gasteiger partial charge in [0.05, 0.1) is 6.61 Å². The van der Waals surface area contributed by atoms with E-state index in [1.54, 1.807) is 0 Å². The number of carbonyl (C=O) groups excluding carboxylic acids is 1. The number of hydrogen-bond donors (Lipinski definition) is 0. The number of aromatic nitrogens is 3. The molecule has 1 aromatic heterocycles. The van der Waals surface area contributed by atoms with E-state index in [0.29, 0.717) is 11.8 Å². The van der Waals surface area contributed by atoms with Gasteiger partial charge in [0.2, 0.25) is 0 Å². The van der Waals surface area contributed by atoms with Crippen LogP contribution in [0.1, 0.15) is 17.3 Å². The summed E-state index contributed by atoms with van der Waals surface area (Å²) in [4.78, 5) is 12.1. The van der Waals surface area contributed by atoms with Gasteiger partial charge in [0.1, 0.15) is 17.3 Å². The molecule has 1 unspecified atom stereocenters. The average molecular weight is 287 g/mol. The van der Waals surface area contributed by atoms with Crippen molar-refractivity contribution in [2.45, 2.75) is 17.3 Å². The minimum absolute atomic E-state index is 0.0138. The predicted octanol–water partition coefficient (Wildman–Crippen LogP) is 2.50. The molecule has 0 spiro atoms. The molecule has 0 amide bonds. The zero-order valence-electron chi connectivity index (χ0n) is 10.9. The molecule has 0 N–H and O–H groups in total. The van der Waals surface area contributed by atoms with E-state index in [-0.39, 0.29) is 11.2 Å². The van der Waals surface area contributed by atoms with E-state index in [0.717, 1.165) is 11.3 Å². The number of ether oxygens (including phenoxy) is 1. The minimum Gasteiger partial charge on any atom is -0.493 e. The molecule has 1 aliphatic heterocycles. The Labute approximate surface area is 120 Å². The molecule has 0 aliphatic carbocycles. The normalized spacial score (nSPS) is 17.6. The maximum atomic E-state index is 12.1. The van der Waals surface area contributed by atoms with Crippen molar-refractivity contribution in [1.82, 2.24) is 14.8 Å². The van der Waals surface area contributed by atoms with E-state index >= 15 is 0 Å². The Morgan fingerprint density at radius 2 is 2.30 bits per heavy atom. The summed E-state index contributed by atoms with van der Waals surface area (Å²) < 4.78 is 7.04. The molecule has 1 aromatic carbocycles. The summed E-state index contributed by atoms with van der Waals surface area (Å²) in [6, 6.07) is 7.76. The second-order valence-corrected chi connectivity index (χ2v) is 5.30. The molecule has 2 aromatic rings. The largest absolute Gasteiger partial charge is 0.493 e. The Morgan fingerprint density at radius 1 is 1.45 bits per heavy atom. The molecule has 102 valence electrons. The number of para-hydroxylation sites is 1. The molecule has 20 heavy (non-hydrogen) atoms. The lowest BCUT2D eigenvalue weighted by Gasteiger charge is -2.06. The van der Waals surface area contributed by atoms with Crippen LogP contribution >= 0.6 is 11.8 Å². The fourth-order valence-electron chi connectivity index (χ4n) is 1.97.